The fraction of sp³-hybridized carbons (Fsp3) is 0.400. The Bertz CT molecular complexity index is 937. The van der Waals surface area contributed by atoms with Gasteiger partial charge in [0.1, 0.15) is 6.67 Å². The minimum atomic E-state index is -1.20. The second-order valence-corrected chi connectivity index (χ2v) is 6.72. The van der Waals surface area contributed by atoms with E-state index >= 15 is 0 Å². The fourth-order valence-electron chi connectivity index (χ4n) is 3.35. The molecule has 0 aliphatic carbocycles. The van der Waals surface area contributed by atoms with Crippen LogP contribution >= 0.6 is 0 Å². The number of carbonyl (C=O) groups excluding carboxylic acids is 2. The largest absolute Gasteiger partial charge is 0.490 e. The van der Waals surface area contributed by atoms with Crippen LogP contribution in [0.25, 0.3) is 0 Å². The van der Waals surface area contributed by atoms with Crippen molar-refractivity contribution in [2.24, 2.45) is 0 Å². The van der Waals surface area contributed by atoms with E-state index in [0.717, 1.165) is 7.11 Å². The van der Waals surface area contributed by atoms with Crippen molar-refractivity contribution in [3.05, 3.63) is 56.4 Å². The van der Waals surface area contributed by atoms with E-state index in [9.17, 15) is 24.1 Å². The van der Waals surface area contributed by atoms with Gasteiger partial charge in [-0.25, -0.2) is 14.0 Å². The predicted octanol–water partition coefficient (Wildman–Crippen LogP) is 2.91. The summed E-state index contributed by atoms with van der Waals surface area (Å²) >= 11 is 0. The molecule has 0 spiro atoms. The zero-order chi connectivity index (χ0) is 22.6. The summed E-state index contributed by atoms with van der Waals surface area (Å²) in [4.78, 5) is 36.3. The highest BCUT2D eigenvalue weighted by atomic mass is 19.1. The molecule has 1 aliphatic rings. The Morgan fingerprint density at radius 2 is 1.90 bits per heavy atom. The number of methoxy groups -OCH3 is 2. The number of alkyl halides is 1. The van der Waals surface area contributed by atoms with Crippen molar-refractivity contribution in [3.63, 3.8) is 0 Å². The molecule has 10 heteroatoms. The van der Waals surface area contributed by atoms with Crippen LogP contribution in [-0.4, -0.2) is 43.9 Å². The molecular formula is C20H23FN2O7. The van der Waals surface area contributed by atoms with Crippen molar-refractivity contribution >= 4 is 17.6 Å². The highest BCUT2D eigenvalue weighted by molar-refractivity contribution is 6.00. The number of halogens is 1. The van der Waals surface area contributed by atoms with Gasteiger partial charge in [0, 0.05) is 17.3 Å². The molecule has 0 radical (unpaired) electrons. The molecule has 0 amide bonds. The Hall–Kier alpha value is -3.43. The number of nitro benzene ring substituents is 1. The Kier molecular flexibility index (Phi) is 7.14. The topological polar surface area (TPSA) is 117 Å². The first kappa shape index (κ1) is 22.9. The number of nitrogens with one attached hydrogen (secondary N) is 1. The van der Waals surface area contributed by atoms with Gasteiger partial charge in [-0.1, -0.05) is 12.1 Å². The van der Waals surface area contributed by atoms with E-state index in [1.54, 1.807) is 13.8 Å². The lowest BCUT2D eigenvalue weighted by atomic mass is 9.79. The number of hydrogen-bond donors (Lipinski definition) is 1. The molecule has 0 fully saturated rings. The standard InChI is InChI=1S/C20H23FN2O7/c1-10(2)30-20(25)15-11(3)22-13(9-21)17(19(24)29-5)16(15)12-7-6-8-14(23(26)27)18(12)28-4/h6-8,10,16,22H,9H2,1-5H3. The number of nitrogens with zero attached hydrogens (tertiary/aromatic N) is 1. The summed E-state index contributed by atoms with van der Waals surface area (Å²) in [6.07, 6.45) is -0.474. The molecule has 1 unspecified atom stereocenters. The van der Waals surface area contributed by atoms with E-state index < -0.39 is 35.6 Å². The Balaban J connectivity index is 2.87. The first-order valence-corrected chi connectivity index (χ1v) is 9.05. The first-order chi connectivity index (χ1) is 14.2. The molecule has 1 aliphatic heterocycles. The molecule has 0 saturated heterocycles. The highest BCUT2D eigenvalue weighted by Gasteiger charge is 2.41. The van der Waals surface area contributed by atoms with Crippen molar-refractivity contribution in [3.8, 4) is 5.75 Å². The van der Waals surface area contributed by atoms with E-state index in [1.807, 2.05) is 0 Å². The second kappa shape index (κ2) is 9.38. The summed E-state index contributed by atoms with van der Waals surface area (Å²) in [5.74, 6) is -3.01. The molecule has 0 aromatic heterocycles. The zero-order valence-electron chi connectivity index (χ0n) is 17.3. The Morgan fingerprint density at radius 3 is 2.40 bits per heavy atom. The smallest absolute Gasteiger partial charge is 0.337 e. The van der Waals surface area contributed by atoms with Gasteiger partial charge < -0.3 is 19.5 Å². The van der Waals surface area contributed by atoms with Crippen LogP contribution < -0.4 is 10.1 Å². The van der Waals surface area contributed by atoms with Crippen LogP contribution in [0.1, 0.15) is 32.3 Å². The maximum Gasteiger partial charge on any atom is 0.337 e. The SMILES string of the molecule is COC(=O)C1=C(CF)NC(C)=C(C(=O)OC(C)C)C1c1cccc([N+](=O)[O-])c1OC. The summed E-state index contributed by atoms with van der Waals surface area (Å²) in [5, 5.41) is 14.2. The van der Waals surface area contributed by atoms with Gasteiger partial charge in [-0.3, -0.25) is 10.1 Å². The van der Waals surface area contributed by atoms with E-state index in [0.29, 0.717) is 0 Å². The summed E-state index contributed by atoms with van der Waals surface area (Å²) < 4.78 is 29.2. The quantitative estimate of drug-likeness (QED) is 0.405. The van der Waals surface area contributed by atoms with Gasteiger partial charge in [-0.2, -0.15) is 0 Å². The van der Waals surface area contributed by atoms with E-state index in [4.69, 9.17) is 14.2 Å². The van der Waals surface area contributed by atoms with Gasteiger partial charge in [0.15, 0.2) is 0 Å². The molecule has 1 aromatic rings. The van der Waals surface area contributed by atoms with Gasteiger partial charge in [0.2, 0.25) is 5.75 Å². The van der Waals surface area contributed by atoms with Crippen LogP contribution in [0.4, 0.5) is 10.1 Å². The lowest BCUT2D eigenvalue weighted by Gasteiger charge is -2.31. The summed E-state index contributed by atoms with van der Waals surface area (Å²) in [6.45, 7) is 3.77. The molecule has 1 atom stereocenters. The number of nitro groups is 1. The van der Waals surface area contributed by atoms with Crippen LogP contribution in [0, 0.1) is 10.1 Å². The van der Waals surface area contributed by atoms with Crippen LogP contribution in [0.2, 0.25) is 0 Å². The van der Waals surface area contributed by atoms with Crippen LogP contribution in [-0.2, 0) is 19.1 Å². The van der Waals surface area contributed by atoms with Gasteiger partial charge in [-0.15, -0.1) is 0 Å². The number of hydrogen-bond acceptors (Lipinski definition) is 8. The number of para-hydroxylation sites is 1. The molecule has 2 rings (SSSR count). The molecule has 162 valence electrons. The third kappa shape index (κ3) is 4.27. The predicted molar refractivity (Wildman–Crippen MR) is 104 cm³/mol. The molecule has 9 nitrogen and oxygen atoms in total. The van der Waals surface area contributed by atoms with Gasteiger partial charge >= 0.3 is 17.6 Å². The number of ether oxygens (including phenoxy) is 3. The summed E-state index contributed by atoms with van der Waals surface area (Å²) in [6, 6.07) is 4.09. The molecule has 0 bridgehead atoms. The number of carbonyl (C=O) groups is 2. The minimum Gasteiger partial charge on any atom is -0.490 e. The molecule has 1 heterocycles. The number of esters is 2. The summed E-state index contributed by atoms with van der Waals surface area (Å²) in [5.41, 5.74) is -0.290. The number of rotatable bonds is 7. The number of allylic oxidation sites excluding steroid dienone is 2. The maximum absolute atomic E-state index is 13.8. The fourth-order valence-corrected chi connectivity index (χ4v) is 3.35. The van der Waals surface area contributed by atoms with Crippen molar-refractivity contribution in [2.75, 3.05) is 20.9 Å². The maximum atomic E-state index is 13.8. The Labute approximate surface area is 172 Å². The van der Waals surface area contributed by atoms with Gasteiger partial charge in [0.25, 0.3) is 0 Å². The van der Waals surface area contributed by atoms with Gasteiger partial charge in [0.05, 0.1) is 48.0 Å². The normalized spacial score (nSPS) is 16.3. The number of dihydropyridines is 1. The third-order valence-electron chi connectivity index (χ3n) is 4.48. The lowest BCUT2D eigenvalue weighted by Crippen LogP contribution is -2.34. The van der Waals surface area contributed by atoms with Crippen molar-refractivity contribution in [1.29, 1.82) is 0 Å². The van der Waals surface area contributed by atoms with Gasteiger partial charge in [-0.05, 0) is 20.8 Å². The molecule has 1 N–H and O–H groups in total. The van der Waals surface area contributed by atoms with E-state index in [1.165, 1.54) is 32.2 Å². The zero-order valence-corrected chi connectivity index (χ0v) is 17.3. The summed E-state index contributed by atoms with van der Waals surface area (Å²) in [7, 11) is 2.34. The van der Waals surface area contributed by atoms with Crippen LogP contribution in [0.5, 0.6) is 5.75 Å². The molecular weight excluding hydrogens is 399 g/mol. The van der Waals surface area contributed by atoms with Crippen molar-refractivity contribution in [2.45, 2.75) is 32.8 Å². The van der Waals surface area contributed by atoms with E-state index in [2.05, 4.69) is 5.32 Å². The lowest BCUT2D eigenvalue weighted by molar-refractivity contribution is -0.385. The molecule has 0 saturated carbocycles. The van der Waals surface area contributed by atoms with Crippen LogP contribution in [0.3, 0.4) is 0 Å². The second-order valence-electron chi connectivity index (χ2n) is 6.72. The minimum absolute atomic E-state index is 0.0000907. The monoisotopic (exact) mass is 422 g/mol. The van der Waals surface area contributed by atoms with Crippen LogP contribution in [0.15, 0.2) is 40.7 Å². The van der Waals surface area contributed by atoms with E-state index in [-0.39, 0.29) is 39.5 Å². The third-order valence-corrected chi connectivity index (χ3v) is 4.48. The first-order valence-electron chi connectivity index (χ1n) is 9.05. The number of benzene rings is 1. The average Bonchev–Trinajstić information content (AvgIpc) is 2.70. The van der Waals surface area contributed by atoms with Crippen molar-refractivity contribution in [1.82, 2.24) is 5.32 Å². The highest BCUT2D eigenvalue weighted by Crippen LogP contribution is 2.45. The average molecular weight is 422 g/mol. The molecule has 30 heavy (non-hydrogen) atoms. The van der Waals surface area contributed by atoms with Crippen molar-refractivity contribution < 1.29 is 33.1 Å². The Morgan fingerprint density at radius 1 is 1.23 bits per heavy atom. The molecule has 1 aromatic carbocycles.